The Labute approximate surface area is 93.8 Å². The van der Waals surface area contributed by atoms with Gasteiger partial charge in [0, 0.05) is 18.6 Å². The fraction of sp³-hybridized carbons (Fsp3) is 1.00. The second-order valence-electron chi connectivity index (χ2n) is 5.35. The van der Waals surface area contributed by atoms with Crippen molar-refractivity contribution in [3.63, 3.8) is 0 Å². The summed E-state index contributed by atoms with van der Waals surface area (Å²) in [6, 6.07) is 1.52. The van der Waals surface area contributed by atoms with E-state index in [9.17, 15) is 0 Å². The summed E-state index contributed by atoms with van der Waals surface area (Å²) in [5, 5.41) is 3.84. The van der Waals surface area contributed by atoms with Gasteiger partial charge in [0.25, 0.3) is 0 Å². The predicted octanol–water partition coefficient (Wildman–Crippen LogP) is 0.764. The Morgan fingerprint density at radius 2 is 1.60 bits per heavy atom. The maximum atomic E-state index is 3.84. The zero-order valence-corrected chi connectivity index (χ0v) is 10.2. The summed E-state index contributed by atoms with van der Waals surface area (Å²) in [5.41, 5.74) is 0. The van der Waals surface area contributed by atoms with Gasteiger partial charge in [0.2, 0.25) is 0 Å². The monoisotopic (exact) mass is 211 g/mol. The zero-order valence-electron chi connectivity index (χ0n) is 10.2. The first-order chi connectivity index (χ1) is 7.24. The molecule has 2 aliphatic rings. The number of hydrogen-bond acceptors (Lipinski definition) is 3. The van der Waals surface area contributed by atoms with E-state index in [1.54, 1.807) is 0 Å². The van der Waals surface area contributed by atoms with E-state index >= 15 is 0 Å². The Morgan fingerprint density at radius 3 is 2.27 bits per heavy atom. The van der Waals surface area contributed by atoms with E-state index < -0.39 is 0 Å². The predicted molar refractivity (Wildman–Crippen MR) is 64.2 cm³/mol. The molecule has 2 saturated heterocycles. The number of likely N-dealkylation sites (N-methyl/N-ethyl adjacent to an activating group) is 1. The Balaban J connectivity index is 1.71. The Morgan fingerprint density at radius 1 is 0.867 bits per heavy atom. The minimum absolute atomic E-state index is 0.747. The molecule has 0 amide bonds. The number of hydrogen-bond donors (Lipinski definition) is 1. The lowest BCUT2D eigenvalue weighted by atomic mass is 10.0. The third-order valence-electron chi connectivity index (χ3n) is 3.81. The molecule has 0 aromatic carbocycles. The van der Waals surface area contributed by atoms with Crippen LogP contribution >= 0.6 is 0 Å². The normalized spacial score (nSPS) is 32.0. The molecule has 3 heteroatoms. The molecule has 88 valence electrons. The summed E-state index contributed by atoms with van der Waals surface area (Å²) in [6.07, 6.45) is 5.39. The average Bonchev–Trinajstić information content (AvgIpc) is 2.22. The molecular weight excluding hydrogens is 186 g/mol. The molecule has 1 N–H and O–H groups in total. The van der Waals surface area contributed by atoms with E-state index in [0.29, 0.717) is 0 Å². The van der Waals surface area contributed by atoms with Crippen LogP contribution in [0.4, 0.5) is 0 Å². The molecule has 0 spiro atoms. The van der Waals surface area contributed by atoms with E-state index in [0.717, 1.165) is 12.1 Å². The Kier molecular flexibility index (Phi) is 4.00. The van der Waals surface area contributed by atoms with Crippen molar-refractivity contribution in [2.24, 2.45) is 0 Å². The second-order valence-corrected chi connectivity index (χ2v) is 5.35. The van der Waals surface area contributed by atoms with Crippen LogP contribution in [0.5, 0.6) is 0 Å². The van der Waals surface area contributed by atoms with Crippen molar-refractivity contribution < 1.29 is 0 Å². The minimum Gasteiger partial charge on any atom is -0.310 e. The maximum absolute atomic E-state index is 3.84. The summed E-state index contributed by atoms with van der Waals surface area (Å²) >= 11 is 0. The van der Waals surface area contributed by atoms with E-state index in [1.807, 2.05) is 0 Å². The lowest BCUT2D eigenvalue weighted by Gasteiger charge is -2.36. The first-order valence-corrected chi connectivity index (χ1v) is 6.37. The van der Waals surface area contributed by atoms with Crippen molar-refractivity contribution in [2.75, 3.05) is 40.3 Å². The smallest absolute Gasteiger partial charge is 0.0197 e. The lowest BCUT2D eigenvalue weighted by Crippen LogP contribution is -2.50. The zero-order chi connectivity index (χ0) is 10.7. The molecule has 0 aromatic rings. The highest BCUT2D eigenvalue weighted by molar-refractivity contribution is 4.83. The maximum Gasteiger partial charge on any atom is 0.0197 e. The quantitative estimate of drug-likeness (QED) is 0.728. The van der Waals surface area contributed by atoms with Crippen LogP contribution in [0, 0.1) is 0 Å². The first kappa shape index (κ1) is 11.4. The molecule has 0 radical (unpaired) electrons. The lowest BCUT2D eigenvalue weighted by molar-refractivity contribution is 0.181. The van der Waals surface area contributed by atoms with Crippen LogP contribution in [0.1, 0.15) is 25.7 Å². The third kappa shape index (κ3) is 3.44. The van der Waals surface area contributed by atoms with Crippen molar-refractivity contribution in [1.82, 2.24) is 15.1 Å². The molecule has 1 unspecified atom stereocenters. The second kappa shape index (κ2) is 5.28. The fourth-order valence-corrected chi connectivity index (χ4v) is 2.81. The van der Waals surface area contributed by atoms with Crippen molar-refractivity contribution in [1.29, 1.82) is 0 Å². The van der Waals surface area contributed by atoms with Gasteiger partial charge in [-0.1, -0.05) is 0 Å². The van der Waals surface area contributed by atoms with E-state index in [4.69, 9.17) is 0 Å². The molecule has 0 aliphatic carbocycles. The van der Waals surface area contributed by atoms with Crippen molar-refractivity contribution in [2.45, 2.75) is 37.8 Å². The summed E-state index contributed by atoms with van der Waals surface area (Å²) in [6.45, 7) is 5.05. The van der Waals surface area contributed by atoms with Crippen LogP contribution in [0.25, 0.3) is 0 Å². The summed E-state index contributed by atoms with van der Waals surface area (Å²) in [4.78, 5) is 4.89. The largest absolute Gasteiger partial charge is 0.310 e. The minimum atomic E-state index is 0.747. The molecular formula is C12H25N3. The van der Waals surface area contributed by atoms with Gasteiger partial charge in [-0.3, -0.25) is 0 Å². The molecule has 2 fully saturated rings. The summed E-state index contributed by atoms with van der Waals surface area (Å²) < 4.78 is 0. The summed E-state index contributed by atoms with van der Waals surface area (Å²) in [5.74, 6) is 0. The standard InChI is InChI=1S/C12H25N3/c1-14-8-5-11(6-9-14)13-12-4-3-7-15(2)10-12/h11-13H,3-10H2,1-2H3. The van der Waals surface area contributed by atoms with Crippen molar-refractivity contribution in [3.8, 4) is 0 Å². The van der Waals surface area contributed by atoms with Gasteiger partial charge in [0.1, 0.15) is 0 Å². The number of likely N-dealkylation sites (tertiary alicyclic amines) is 2. The number of nitrogens with zero attached hydrogens (tertiary/aromatic N) is 2. The number of piperidine rings is 2. The first-order valence-electron chi connectivity index (χ1n) is 6.37. The van der Waals surface area contributed by atoms with Gasteiger partial charge in [0.15, 0.2) is 0 Å². The van der Waals surface area contributed by atoms with Crippen LogP contribution in [0.3, 0.4) is 0 Å². The molecule has 2 heterocycles. The topological polar surface area (TPSA) is 18.5 Å². The average molecular weight is 211 g/mol. The highest BCUT2D eigenvalue weighted by Gasteiger charge is 2.22. The molecule has 0 saturated carbocycles. The highest BCUT2D eigenvalue weighted by atomic mass is 15.2. The summed E-state index contributed by atoms with van der Waals surface area (Å²) in [7, 11) is 4.47. The van der Waals surface area contributed by atoms with Gasteiger partial charge >= 0.3 is 0 Å². The molecule has 0 bridgehead atoms. The molecule has 1 atom stereocenters. The molecule has 2 aliphatic heterocycles. The van der Waals surface area contributed by atoms with Gasteiger partial charge in [-0.25, -0.2) is 0 Å². The van der Waals surface area contributed by atoms with Gasteiger partial charge in [-0.05, 0) is 59.4 Å². The van der Waals surface area contributed by atoms with Crippen LogP contribution in [0.15, 0.2) is 0 Å². The Bertz CT molecular complexity index is 187. The fourth-order valence-electron chi connectivity index (χ4n) is 2.81. The van der Waals surface area contributed by atoms with Gasteiger partial charge < -0.3 is 15.1 Å². The van der Waals surface area contributed by atoms with Crippen LogP contribution in [0.2, 0.25) is 0 Å². The number of rotatable bonds is 2. The third-order valence-corrected chi connectivity index (χ3v) is 3.81. The molecule has 2 rings (SSSR count). The van der Waals surface area contributed by atoms with Gasteiger partial charge in [-0.2, -0.15) is 0 Å². The van der Waals surface area contributed by atoms with Crippen molar-refractivity contribution in [3.05, 3.63) is 0 Å². The van der Waals surface area contributed by atoms with Crippen LogP contribution in [-0.2, 0) is 0 Å². The molecule has 15 heavy (non-hydrogen) atoms. The molecule has 0 aromatic heterocycles. The van der Waals surface area contributed by atoms with Crippen LogP contribution in [-0.4, -0.2) is 62.2 Å². The van der Waals surface area contributed by atoms with E-state index in [-0.39, 0.29) is 0 Å². The van der Waals surface area contributed by atoms with Gasteiger partial charge in [-0.15, -0.1) is 0 Å². The SMILES string of the molecule is CN1CCC(NC2CCCN(C)C2)CC1. The van der Waals surface area contributed by atoms with E-state index in [2.05, 4.69) is 29.2 Å². The highest BCUT2D eigenvalue weighted by Crippen LogP contribution is 2.13. The Hall–Kier alpha value is -0.120. The van der Waals surface area contributed by atoms with Crippen LogP contribution < -0.4 is 5.32 Å². The van der Waals surface area contributed by atoms with E-state index in [1.165, 1.54) is 51.9 Å². The van der Waals surface area contributed by atoms with Crippen molar-refractivity contribution >= 4 is 0 Å². The van der Waals surface area contributed by atoms with Gasteiger partial charge in [0.05, 0.1) is 0 Å². The molecule has 3 nitrogen and oxygen atoms in total. The number of nitrogens with one attached hydrogen (secondary N) is 1.